The lowest BCUT2D eigenvalue weighted by Crippen LogP contribution is -2.54. The van der Waals surface area contributed by atoms with Gasteiger partial charge in [0.25, 0.3) is 0 Å². The van der Waals surface area contributed by atoms with Crippen LogP contribution in [0.15, 0.2) is 23.8 Å². The smallest absolute Gasteiger partial charge is 0.333 e. The molecule has 1 heterocycles. The highest BCUT2D eigenvalue weighted by Gasteiger charge is 2.64. The van der Waals surface area contributed by atoms with Gasteiger partial charge in [-0.2, -0.15) is 0 Å². The van der Waals surface area contributed by atoms with Gasteiger partial charge in [0.1, 0.15) is 0 Å². The fraction of sp³-hybridized carbons (Fsp3) is 0.500. The van der Waals surface area contributed by atoms with Crippen LogP contribution in [0.2, 0.25) is 0 Å². The maximum absolute atomic E-state index is 11.8. The first-order valence-electron chi connectivity index (χ1n) is 6.37. The van der Waals surface area contributed by atoms with Crippen molar-refractivity contribution in [1.29, 1.82) is 0 Å². The van der Waals surface area contributed by atoms with E-state index in [0.717, 1.165) is 0 Å². The Kier molecular flexibility index (Phi) is 1.93. The van der Waals surface area contributed by atoms with Crippen molar-refractivity contribution < 1.29 is 23.9 Å². The standard InChI is InChI=1S/C14H12O5/c1-18-12(15)8-4-7-5-2-3-6(9(7)8)11-10(5)13(16)19-14(11)17/h2-7,9-11H,1H3/t5-,6+,7-,9+,10+,11-/m1/s1. The minimum atomic E-state index is -0.441. The Hall–Kier alpha value is -1.91. The van der Waals surface area contributed by atoms with E-state index in [0.29, 0.717) is 5.57 Å². The lowest BCUT2D eigenvalue weighted by atomic mass is 9.48. The molecule has 1 saturated heterocycles. The third-order valence-electron chi connectivity index (χ3n) is 4.94. The third kappa shape index (κ3) is 1.13. The van der Waals surface area contributed by atoms with Gasteiger partial charge >= 0.3 is 17.9 Å². The predicted octanol–water partition coefficient (Wildman–Crippen LogP) is 0.463. The molecular weight excluding hydrogens is 248 g/mol. The molecule has 0 aromatic rings. The number of methoxy groups -OCH3 is 1. The zero-order chi connectivity index (χ0) is 13.3. The first-order valence-corrected chi connectivity index (χ1v) is 6.37. The van der Waals surface area contributed by atoms with E-state index in [4.69, 9.17) is 9.47 Å². The average Bonchev–Trinajstić information content (AvgIpc) is 2.66. The van der Waals surface area contributed by atoms with E-state index in [2.05, 4.69) is 0 Å². The topological polar surface area (TPSA) is 69.7 Å². The quantitative estimate of drug-likeness (QED) is 0.389. The number of carbonyl (C=O) groups excluding carboxylic acids is 3. The number of hydrogen-bond donors (Lipinski definition) is 0. The van der Waals surface area contributed by atoms with Crippen molar-refractivity contribution in [3.8, 4) is 0 Å². The number of rotatable bonds is 1. The first-order chi connectivity index (χ1) is 9.13. The van der Waals surface area contributed by atoms with Gasteiger partial charge in [-0.15, -0.1) is 0 Å². The summed E-state index contributed by atoms with van der Waals surface area (Å²) in [4.78, 5) is 35.3. The van der Waals surface area contributed by atoms with Crippen LogP contribution in [0.5, 0.6) is 0 Å². The Morgan fingerprint density at radius 2 is 1.68 bits per heavy atom. The molecule has 5 nitrogen and oxygen atoms in total. The Labute approximate surface area is 109 Å². The van der Waals surface area contributed by atoms with Crippen molar-refractivity contribution in [2.45, 2.75) is 0 Å². The van der Waals surface area contributed by atoms with Gasteiger partial charge in [-0.25, -0.2) is 4.79 Å². The molecule has 5 aliphatic rings. The van der Waals surface area contributed by atoms with Crippen molar-refractivity contribution in [2.75, 3.05) is 7.11 Å². The molecule has 0 unspecified atom stereocenters. The summed E-state index contributed by atoms with van der Waals surface area (Å²) in [7, 11) is 1.35. The van der Waals surface area contributed by atoms with Crippen molar-refractivity contribution in [3.05, 3.63) is 23.8 Å². The first kappa shape index (κ1) is 11.0. The normalized spacial score (nSPS) is 45.0. The molecular formula is C14H12O5. The van der Waals surface area contributed by atoms with Crippen LogP contribution in [0.4, 0.5) is 0 Å². The molecule has 0 aromatic heterocycles. The van der Waals surface area contributed by atoms with E-state index in [-0.39, 0.29) is 35.6 Å². The summed E-state index contributed by atoms with van der Waals surface area (Å²) in [6.45, 7) is 0. The summed E-state index contributed by atoms with van der Waals surface area (Å²) in [5.74, 6) is -1.94. The molecule has 0 N–H and O–H groups in total. The van der Waals surface area contributed by atoms with Crippen molar-refractivity contribution >= 4 is 17.9 Å². The molecule has 0 amide bonds. The van der Waals surface area contributed by atoms with Crippen LogP contribution in [0.3, 0.4) is 0 Å². The van der Waals surface area contributed by atoms with Gasteiger partial charge in [0.05, 0.1) is 18.9 Å². The molecule has 2 fully saturated rings. The van der Waals surface area contributed by atoms with Crippen molar-refractivity contribution in [3.63, 3.8) is 0 Å². The van der Waals surface area contributed by atoms with Crippen LogP contribution in [0, 0.1) is 35.5 Å². The van der Waals surface area contributed by atoms with Crippen LogP contribution in [-0.2, 0) is 23.9 Å². The van der Waals surface area contributed by atoms with E-state index in [1.165, 1.54) is 7.11 Å². The van der Waals surface area contributed by atoms with Crippen LogP contribution in [0.25, 0.3) is 0 Å². The Morgan fingerprint density at radius 3 is 2.37 bits per heavy atom. The van der Waals surface area contributed by atoms with Crippen LogP contribution >= 0.6 is 0 Å². The monoisotopic (exact) mass is 260 g/mol. The molecule has 5 rings (SSSR count). The third-order valence-corrected chi connectivity index (χ3v) is 4.94. The fourth-order valence-electron chi connectivity index (χ4n) is 4.18. The second-order valence-electron chi connectivity index (χ2n) is 5.55. The lowest BCUT2D eigenvalue weighted by molar-refractivity contribution is -0.154. The van der Waals surface area contributed by atoms with Gasteiger partial charge in [0.2, 0.25) is 0 Å². The summed E-state index contributed by atoms with van der Waals surface area (Å²) in [5, 5.41) is 0. The lowest BCUT2D eigenvalue weighted by Gasteiger charge is -2.53. The highest BCUT2D eigenvalue weighted by molar-refractivity contribution is 5.99. The number of esters is 3. The van der Waals surface area contributed by atoms with Crippen LogP contribution in [-0.4, -0.2) is 25.0 Å². The maximum Gasteiger partial charge on any atom is 0.333 e. The number of ether oxygens (including phenoxy) is 2. The van der Waals surface area contributed by atoms with Gasteiger partial charge in [-0.05, 0) is 17.8 Å². The molecule has 6 atom stereocenters. The minimum absolute atomic E-state index is 0.00199. The van der Waals surface area contributed by atoms with Gasteiger partial charge in [-0.3, -0.25) is 9.59 Å². The summed E-state index contributed by atoms with van der Waals surface area (Å²) in [6.07, 6.45) is 5.84. The van der Waals surface area contributed by atoms with Gasteiger partial charge in [-0.1, -0.05) is 18.2 Å². The number of cyclic esters (lactones) is 2. The maximum atomic E-state index is 11.8. The number of allylic oxidation sites excluding steroid dienone is 3. The summed E-state index contributed by atoms with van der Waals surface area (Å²) >= 11 is 0. The van der Waals surface area contributed by atoms with E-state index in [1.807, 2.05) is 18.2 Å². The molecule has 0 spiro atoms. The Morgan fingerprint density at radius 1 is 1.05 bits per heavy atom. The molecule has 1 aliphatic heterocycles. The predicted molar refractivity (Wildman–Crippen MR) is 61.3 cm³/mol. The van der Waals surface area contributed by atoms with Gasteiger partial charge in [0, 0.05) is 11.5 Å². The van der Waals surface area contributed by atoms with Crippen molar-refractivity contribution in [2.24, 2.45) is 35.5 Å². The van der Waals surface area contributed by atoms with E-state index in [1.54, 1.807) is 0 Å². The molecule has 4 aliphatic carbocycles. The largest absolute Gasteiger partial charge is 0.466 e. The SMILES string of the molecule is COC(=O)C1=C[C@@H]2[C@H]3C=C[C@@H]([C@H]12)[C@H]1C(=O)OC(=O)[C@@H]31. The molecule has 0 aromatic carbocycles. The number of hydrogen-bond acceptors (Lipinski definition) is 5. The second kappa shape index (κ2) is 3.35. The van der Waals surface area contributed by atoms with Gasteiger partial charge < -0.3 is 9.47 Å². The van der Waals surface area contributed by atoms with E-state index >= 15 is 0 Å². The summed E-state index contributed by atoms with van der Waals surface area (Å²) in [6, 6.07) is 0. The number of carbonyl (C=O) groups is 3. The van der Waals surface area contributed by atoms with Crippen molar-refractivity contribution in [1.82, 2.24) is 0 Å². The second-order valence-corrected chi connectivity index (χ2v) is 5.55. The minimum Gasteiger partial charge on any atom is -0.466 e. The molecule has 5 heteroatoms. The molecule has 1 saturated carbocycles. The zero-order valence-electron chi connectivity index (χ0n) is 10.2. The Bertz CT molecular complexity index is 572. The highest BCUT2D eigenvalue weighted by atomic mass is 16.6. The zero-order valence-corrected chi connectivity index (χ0v) is 10.2. The summed E-state index contributed by atoms with van der Waals surface area (Å²) in [5.41, 5.74) is 0.637. The molecule has 0 radical (unpaired) electrons. The van der Waals surface area contributed by atoms with E-state index < -0.39 is 17.9 Å². The van der Waals surface area contributed by atoms with Gasteiger partial charge in [0.15, 0.2) is 0 Å². The Balaban J connectivity index is 1.76. The van der Waals surface area contributed by atoms with Crippen LogP contribution in [0.1, 0.15) is 0 Å². The molecule has 98 valence electrons. The molecule has 2 bridgehead atoms. The average molecular weight is 260 g/mol. The highest BCUT2D eigenvalue weighted by Crippen LogP contribution is 2.60. The summed E-state index contributed by atoms with van der Waals surface area (Å²) < 4.78 is 9.53. The van der Waals surface area contributed by atoms with Crippen LogP contribution < -0.4 is 0 Å². The fourth-order valence-corrected chi connectivity index (χ4v) is 4.18. The van der Waals surface area contributed by atoms with E-state index in [9.17, 15) is 14.4 Å². The molecule has 19 heavy (non-hydrogen) atoms.